The summed E-state index contributed by atoms with van der Waals surface area (Å²) in [6.07, 6.45) is 1.57. The van der Waals surface area contributed by atoms with E-state index >= 15 is 0 Å². The molecule has 0 aliphatic carbocycles. The Morgan fingerprint density at radius 3 is 2.63 bits per heavy atom. The number of ether oxygens (including phenoxy) is 1. The first-order valence-corrected chi connectivity index (χ1v) is 12.2. The van der Waals surface area contributed by atoms with Crippen LogP contribution in [0.3, 0.4) is 0 Å². The van der Waals surface area contributed by atoms with Crippen molar-refractivity contribution in [2.75, 3.05) is 11.9 Å². The molecule has 1 aliphatic rings. The number of nitrogens with zero attached hydrogens (tertiary/aromatic N) is 1. The lowest BCUT2D eigenvalue weighted by atomic mass is 10.1. The summed E-state index contributed by atoms with van der Waals surface area (Å²) in [6, 6.07) is 18.7. The molecular weight excluding hydrogens is 535 g/mol. The van der Waals surface area contributed by atoms with Crippen LogP contribution in [0.15, 0.2) is 76.1 Å². The summed E-state index contributed by atoms with van der Waals surface area (Å²) in [6.45, 7) is 1.87. The Morgan fingerprint density at radius 1 is 1.11 bits per heavy atom. The molecule has 9 heteroatoms. The van der Waals surface area contributed by atoms with E-state index in [2.05, 4.69) is 21.2 Å². The van der Waals surface area contributed by atoms with Crippen molar-refractivity contribution >= 4 is 56.5 Å². The monoisotopic (exact) mass is 554 g/mol. The Balaban J connectivity index is 1.48. The van der Waals surface area contributed by atoms with Crippen molar-refractivity contribution in [3.05, 3.63) is 98.6 Å². The Bertz CT molecular complexity index is 1330. The van der Waals surface area contributed by atoms with Gasteiger partial charge in [0.15, 0.2) is 0 Å². The fourth-order valence-corrected chi connectivity index (χ4v) is 4.50. The second-order valence-corrected chi connectivity index (χ2v) is 9.69. The van der Waals surface area contributed by atoms with Crippen molar-refractivity contribution in [1.29, 1.82) is 0 Å². The molecular formula is C26H20BrFN2O4S. The fraction of sp³-hybridized carbons (Fsp3) is 0.115. The van der Waals surface area contributed by atoms with Gasteiger partial charge in [0.25, 0.3) is 11.1 Å². The number of aryl methyl sites for hydroxylation is 1. The number of hydrogen-bond acceptors (Lipinski definition) is 5. The molecule has 0 bridgehead atoms. The number of carbonyl (C=O) groups excluding carboxylic acids is 3. The first-order chi connectivity index (χ1) is 16.8. The lowest BCUT2D eigenvalue weighted by Crippen LogP contribution is -2.36. The number of carbonyl (C=O) groups is 3. The van der Waals surface area contributed by atoms with Crippen LogP contribution in [0.1, 0.15) is 16.7 Å². The maximum atomic E-state index is 13.3. The van der Waals surface area contributed by atoms with Gasteiger partial charge in [-0.05, 0) is 66.7 Å². The summed E-state index contributed by atoms with van der Waals surface area (Å²) in [4.78, 5) is 38.7. The van der Waals surface area contributed by atoms with Crippen molar-refractivity contribution in [3.8, 4) is 5.75 Å². The molecule has 3 aromatic carbocycles. The zero-order valence-electron chi connectivity index (χ0n) is 18.6. The van der Waals surface area contributed by atoms with Gasteiger partial charge in [0.05, 0.1) is 4.91 Å². The minimum atomic E-state index is -0.608. The highest BCUT2D eigenvalue weighted by atomic mass is 79.9. The fourth-order valence-electron chi connectivity index (χ4n) is 3.30. The van der Waals surface area contributed by atoms with Crippen LogP contribution in [-0.2, 0) is 16.2 Å². The molecule has 0 aromatic heterocycles. The van der Waals surface area contributed by atoms with E-state index in [0.29, 0.717) is 17.9 Å². The normalized spacial score (nSPS) is 14.5. The zero-order valence-corrected chi connectivity index (χ0v) is 21.0. The summed E-state index contributed by atoms with van der Waals surface area (Å²) >= 11 is 4.17. The minimum absolute atomic E-state index is 0.173. The van der Waals surface area contributed by atoms with Crippen LogP contribution in [0.5, 0.6) is 5.75 Å². The molecule has 1 heterocycles. The Kier molecular flexibility index (Phi) is 7.67. The van der Waals surface area contributed by atoms with Crippen molar-refractivity contribution in [2.45, 2.75) is 13.5 Å². The summed E-state index contributed by atoms with van der Waals surface area (Å²) < 4.78 is 20.1. The van der Waals surface area contributed by atoms with Crippen LogP contribution in [-0.4, -0.2) is 28.5 Å². The highest BCUT2D eigenvalue weighted by molar-refractivity contribution is 9.10. The third kappa shape index (κ3) is 6.37. The molecule has 0 unspecified atom stereocenters. The summed E-state index contributed by atoms with van der Waals surface area (Å²) in [7, 11) is 0. The molecule has 6 nitrogen and oxygen atoms in total. The van der Waals surface area contributed by atoms with Crippen LogP contribution < -0.4 is 10.1 Å². The van der Waals surface area contributed by atoms with E-state index in [-0.39, 0.29) is 10.6 Å². The average molecular weight is 555 g/mol. The van der Waals surface area contributed by atoms with Gasteiger partial charge in [0, 0.05) is 15.7 Å². The molecule has 1 fully saturated rings. The van der Waals surface area contributed by atoms with E-state index in [1.54, 1.807) is 18.2 Å². The Hall–Kier alpha value is -3.43. The van der Waals surface area contributed by atoms with Crippen LogP contribution in [0.4, 0.5) is 14.9 Å². The molecule has 178 valence electrons. The van der Waals surface area contributed by atoms with E-state index in [4.69, 9.17) is 4.74 Å². The zero-order chi connectivity index (χ0) is 24.9. The van der Waals surface area contributed by atoms with E-state index in [9.17, 15) is 18.8 Å². The number of rotatable bonds is 7. The Morgan fingerprint density at radius 2 is 1.89 bits per heavy atom. The predicted molar refractivity (Wildman–Crippen MR) is 137 cm³/mol. The second kappa shape index (κ2) is 10.9. The predicted octanol–water partition coefficient (Wildman–Crippen LogP) is 6.15. The topological polar surface area (TPSA) is 75.7 Å². The van der Waals surface area contributed by atoms with Crippen LogP contribution in [0, 0.1) is 12.7 Å². The van der Waals surface area contributed by atoms with Crippen LogP contribution >= 0.6 is 27.7 Å². The molecule has 0 atom stereocenters. The van der Waals surface area contributed by atoms with Gasteiger partial charge in [-0.25, -0.2) is 4.39 Å². The molecule has 4 rings (SSSR count). The molecule has 1 aliphatic heterocycles. The van der Waals surface area contributed by atoms with Crippen LogP contribution in [0.2, 0.25) is 0 Å². The van der Waals surface area contributed by atoms with Gasteiger partial charge >= 0.3 is 0 Å². The van der Waals surface area contributed by atoms with Gasteiger partial charge < -0.3 is 10.1 Å². The number of halogens is 2. The third-order valence-electron chi connectivity index (χ3n) is 5.06. The maximum absolute atomic E-state index is 13.3. The van der Waals surface area contributed by atoms with Gasteiger partial charge in [0.2, 0.25) is 5.91 Å². The first kappa shape index (κ1) is 24.7. The van der Waals surface area contributed by atoms with Gasteiger partial charge in [-0.3, -0.25) is 19.3 Å². The number of imide groups is 1. The number of nitrogens with one attached hydrogen (secondary N) is 1. The second-order valence-electron chi connectivity index (χ2n) is 7.78. The SMILES string of the molecule is Cc1ccc(COc2ccc(Br)cc2/C=C2/SC(=O)N(CC(=O)Nc3cccc(F)c3)C2=O)cc1. The van der Waals surface area contributed by atoms with E-state index in [1.165, 1.54) is 18.2 Å². The van der Waals surface area contributed by atoms with Gasteiger partial charge in [-0.1, -0.05) is 51.8 Å². The van der Waals surface area contributed by atoms with Crippen LogP contribution in [0.25, 0.3) is 6.08 Å². The van der Waals surface area contributed by atoms with Crippen molar-refractivity contribution < 1.29 is 23.5 Å². The third-order valence-corrected chi connectivity index (χ3v) is 6.46. The summed E-state index contributed by atoms with van der Waals surface area (Å²) in [5, 5.41) is 1.93. The largest absolute Gasteiger partial charge is 0.488 e. The van der Waals surface area contributed by atoms with Crippen molar-refractivity contribution in [3.63, 3.8) is 0 Å². The number of benzene rings is 3. The van der Waals surface area contributed by atoms with E-state index in [0.717, 1.165) is 38.3 Å². The smallest absolute Gasteiger partial charge is 0.294 e. The molecule has 0 radical (unpaired) electrons. The van der Waals surface area contributed by atoms with Crippen molar-refractivity contribution in [2.24, 2.45) is 0 Å². The standard InChI is InChI=1S/C26H20BrFN2O4S/c1-16-5-7-17(8-6-16)15-34-22-10-9-19(27)11-18(22)12-23-25(32)30(26(33)35-23)14-24(31)29-21-4-2-3-20(28)13-21/h2-13H,14-15H2,1H3,(H,29,31)/b23-12+. The molecule has 1 saturated heterocycles. The first-order valence-electron chi connectivity index (χ1n) is 10.6. The van der Waals surface area contributed by atoms with Gasteiger partial charge in [-0.2, -0.15) is 0 Å². The molecule has 0 spiro atoms. The summed E-state index contributed by atoms with van der Waals surface area (Å²) in [5.74, 6) is -1.15. The number of amides is 3. The molecule has 35 heavy (non-hydrogen) atoms. The molecule has 3 amide bonds. The number of thioether (sulfide) groups is 1. The Labute approximate surface area is 214 Å². The molecule has 3 aromatic rings. The molecule has 0 saturated carbocycles. The highest BCUT2D eigenvalue weighted by Gasteiger charge is 2.36. The van der Waals surface area contributed by atoms with E-state index < -0.39 is 29.4 Å². The minimum Gasteiger partial charge on any atom is -0.488 e. The van der Waals surface area contributed by atoms with Crippen molar-refractivity contribution in [1.82, 2.24) is 4.90 Å². The van der Waals surface area contributed by atoms with E-state index in [1.807, 2.05) is 37.3 Å². The number of hydrogen-bond donors (Lipinski definition) is 1. The van der Waals surface area contributed by atoms with Gasteiger partial charge in [0.1, 0.15) is 24.7 Å². The quantitative estimate of drug-likeness (QED) is 0.354. The maximum Gasteiger partial charge on any atom is 0.294 e. The highest BCUT2D eigenvalue weighted by Crippen LogP contribution is 2.35. The average Bonchev–Trinajstić information content (AvgIpc) is 3.07. The lowest BCUT2D eigenvalue weighted by Gasteiger charge is -2.13. The lowest BCUT2D eigenvalue weighted by molar-refractivity contribution is -0.127. The molecule has 1 N–H and O–H groups in total. The van der Waals surface area contributed by atoms with Gasteiger partial charge in [-0.15, -0.1) is 0 Å². The number of anilines is 1. The summed E-state index contributed by atoms with van der Waals surface area (Å²) in [5.41, 5.74) is 3.00.